The Hall–Kier alpha value is -1.26. The Morgan fingerprint density at radius 2 is 1.75 bits per heavy atom. The van der Waals surface area contributed by atoms with E-state index in [0.29, 0.717) is 17.9 Å². The number of rotatable bonds is 4. The average Bonchev–Trinajstić information content (AvgIpc) is 2.30. The smallest absolute Gasteiger partial charge is 0.160 e. The normalized spacial score (nSPS) is 9.06. The number of benzene rings is 1. The minimum atomic E-state index is 0.148. The van der Waals surface area contributed by atoms with Crippen molar-refractivity contribution in [2.45, 2.75) is 13.3 Å². The summed E-state index contributed by atoms with van der Waals surface area (Å²) in [6, 6.07) is 5.62. The Bertz CT molecular complexity index is 290. The van der Waals surface area contributed by atoms with Crippen LogP contribution in [-0.2, 0) is 6.42 Å². The van der Waals surface area contributed by atoms with Gasteiger partial charge in [0.15, 0.2) is 11.5 Å². The topological polar surface area (TPSA) is 64.7 Å². The zero-order valence-corrected chi connectivity index (χ0v) is 10.2. The molecular formula is C12H21NO3. The molecule has 0 aliphatic heterocycles. The van der Waals surface area contributed by atoms with Crippen molar-refractivity contribution < 1.29 is 14.6 Å². The van der Waals surface area contributed by atoms with Crippen LogP contribution in [0.4, 0.5) is 0 Å². The molecule has 0 aliphatic carbocycles. The maximum atomic E-state index is 8.74. The largest absolute Gasteiger partial charge is 0.493 e. The summed E-state index contributed by atoms with van der Waals surface area (Å²) in [6.45, 7) is 2.80. The second-order valence-electron chi connectivity index (χ2n) is 3.07. The molecule has 0 saturated carbocycles. The van der Waals surface area contributed by atoms with Gasteiger partial charge in [0.05, 0.1) is 14.2 Å². The molecule has 1 aromatic carbocycles. The minimum absolute atomic E-state index is 0.148. The Morgan fingerprint density at radius 3 is 2.19 bits per heavy atom. The van der Waals surface area contributed by atoms with E-state index >= 15 is 0 Å². The summed E-state index contributed by atoms with van der Waals surface area (Å²) < 4.78 is 10.2. The van der Waals surface area contributed by atoms with E-state index in [2.05, 4.69) is 0 Å². The molecule has 0 heterocycles. The van der Waals surface area contributed by atoms with Crippen molar-refractivity contribution >= 4 is 0 Å². The summed E-state index contributed by atoms with van der Waals surface area (Å²) in [7, 11) is 3.20. The highest BCUT2D eigenvalue weighted by Crippen LogP contribution is 2.27. The lowest BCUT2D eigenvalue weighted by atomic mass is 10.1. The van der Waals surface area contributed by atoms with E-state index in [-0.39, 0.29) is 6.61 Å². The maximum absolute atomic E-state index is 8.74. The van der Waals surface area contributed by atoms with Crippen LogP contribution in [0.5, 0.6) is 11.5 Å². The Labute approximate surface area is 97.0 Å². The molecule has 0 fully saturated rings. The predicted molar refractivity (Wildman–Crippen MR) is 65.1 cm³/mol. The highest BCUT2D eigenvalue weighted by Gasteiger charge is 2.03. The molecule has 92 valence electrons. The lowest BCUT2D eigenvalue weighted by Crippen LogP contribution is -1.94. The van der Waals surface area contributed by atoms with Crippen molar-refractivity contribution in [2.75, 3.05) is 27.4 Å². The molecule has 4 nitrogen and oxygen atoms in total. The molecule has 0 aromatic heterocycles. The van der Waals surface area contributed by atoms with Gasteiger partial charge in [0.1, 0.15) is 0 Å². The van der Waals surface area contributed by atoms with Gasteiger partial charge in [0.2, 0.25) is 0 Å². The van der Waals surface area contributed by atoms with Gasteiger partial charge in [0, 0.05) is 6.61 Å². The van der Waals surface area contributed by atoms with Crippen molar-refractivity contribution in [3.63, 3.8) is 0 Å². The third-order valence-corrected chi connectivity index (χ3v) is 1.85. The van der Waals surface area contributed by atoms with Gasteiger partial charge in [-0.3, -0.25) is 0 Å². The monoisotopic (exact) mass is 227 g/mol. The van der Waals surface area contributed by atoms with Crippen molar-refractivity contribution in [2.24, 2.45) is 5.73 Å². The van der Waals surface area contributed by atoms with E-state index < -0.39 is 0 Å². The molecule has 0 radical (unpaired) electrons. The molecule has 3 N–H and O–H groups in total. The van der Waals surface area contributed by atoms with E-state index in [1.54, 1.807) is 14.2 Å². The predicted octanol–water partition coefficient (Wildman–Crippen LogP) is 1.20. The Morgan fingerprint density at radius 1 is 1.19 bits per heavy atom. The highest BCUT2D eigenvalue weighted by atomic mass is 16.5. The molecule has 0 bridgehead atoms. The molecule has 0 saturated heterocycles. The van der Waals surface area contributed by atoms with E-state index in [4.69, 9.17) is 20.3 Å². The zero-order chi connectivity index (χ0) is 12.4. The fourth-order valence-electron chi connectivity index (χ4n) is 1.17. The molecule has 0 atom stereocenters. The summed E-state index contributed by atoms with van der Waals surface area (Å²) in [5.41, 5.74) is 5.89. The highest BCUT2D eigenvalue weighted by molar-refractivity contribution is 5.42. The van der Waals surface area contributed by atoms with Crippen LogP contribution in [0, 0.1) is 0 Å². The number of methoxy groups -OCH3 is 2. The van der Waals surface area contributed by atoms with Crippen LogP contribution < -0.4 is 15.2 Å². The van der Waals surface area contributed by atoms with Crippen LogP contribution in [0.25, 0.3) is 0 Å². The van der Waals surface area contributed by atoms with Gasteiger partial charge >= 0.3 is 0 Å². The average molecular weight is 227 g/mol. The van der Waals surface area contributed by atoms with Crippen LogP contribution in [-0.4, -0.2) is 32.5 Å². The summed E-state index contributed by atoms with van der Waals surface area (Å²) in [5.74, 6) is 1.41. The van der Waals surface area contributed by atoms with Crippen molar-refractivity contribution in [3.8, 4) is 11.5 Å². The first-order valence-corrected chi connectivity index (χ1v) is 5.25. The van der Waals surface area contributed by atoms with Crippen molar-refractivity contribution in [3.05, 3.63) is 23.8 Å². The van der Waals surface area contributed by atoms with Crippen LogP contribution in [0.3, 0.4) is 0 Å². The second-order valence-corrected chi connectivity index (χ2v) is 3.07. The minimum Gasteiger partial charge on any atom is -0.493 e. The number of nitrogens with two attached hydrogens (primary N) is 1. The molecule has 0 aliphatic rings. The van der Waals surface area contributed by atoms with Gasteiger partial charge in [-0.15, -0.1) is 0 Å². The number of aliphatic hydroxyl groups is 1. The van der Waals surface area contributed by atoms with Gasteiger partial charge in [-0.1, -0.05) is 13.0 Å². The van der Waals surface area contributed by atoms with Gasteiger partial charge in [-0.25, -0.2) is 0 Å². The first-order valence-electron chi connectivity index (χ1n) is 5.25. The summed E-state index contributed by atoms with van der Waals surface area (Å²) in [6.07, 6.45) is 0.639. The van der Waals surface area contributed by atoms with E-state index in [9.17, 15) is 0 Å². The summed E-state index contributed by atoms with van der Waals surface area (Å²) in [4.78, 5) is 0. The number of aliphatic hydroxyl groups excluding tert-OH is 1. The number of hydrogen-bond donors (Lipinski definition) is 2. The number of hydrogen-bond acceptors (Lipinski definition) is 4. The fourth-order valence-corrected chi connectivity index (χ4v) is 1.17. The third-order valence-electron chi connectivity index (χ3n) is 1.85. The zero-order valence-electron chi connectivity index (χ0n) is 10.2. The molecular weight excluding hydrogens is 206 g/mol. The Balaban J connectivity index is 0.000000673. The quantitative estimate of drug-likeness (QED) is 0.811. The molecule has 0 amide bonds. The van der Waals surface area contributed by atoms with Gasteiger partial charge in [-0.05, 0) is 30.7 Å². The van der Waals surface area contributed by atoms with Gasteiger partial charge in [-0.2, -0.15) is 0 Å². The summed E-state index contributed by atoms with van der Waals surface area (Å²) in [5, 5.41) is 8.74. The van der Waals surface area contributed by atoms with E-state index in [1.165, 1.54) is 0 Å². The van der Waals surface area contributed by atoms with Gasteiger partial charge in [0.25, 0.3) is 0 Å². The molecule has 4 heteroatoms. The summed E-state index contributed by atoms with van der Waals surface area (Å²) >= 11 is 0. The SMILES string of the molecule is CCN.COc1ccc(CCO)cc1OC. The third kappa shape index (κ3) is 5.00. The van der Waals surface area contributed by atoms with Crippen LogP contribution in [0.1, 0.15) is 12.5 Å². The van der Waals surface area contributed by atoms with Crippen LogP contribution >= 0.6 is 0 Å². The Kier molecular flexibility index (Phi) is 8.29. The molecule has 0 spiro atoms. The van der Waals surface area contributed by atoms with E-state index in [1.807, 2.05) is 25.1 Å². The molecule has 0 unspecified atom stereocenters. The van der Waals surface area contributed by atoms with Crippen molar-refractivity contribution in [1.82, 2.24) is 0 Å². The standard InChI is InChI=1S/C10H14O3.C2H7N/c1-12-9-4-3-8(5-6-11)7-10(9)13-2;1-2-3/h3-4,7,11H,5-6H2,1-2H3;2-3H2,1H3. The van der Waals surface area contributed by atoms with Crippen molar-refractivity contribution in [1.29, 1.82) is 0 Å². The first kappa shape index (κ1) is 14.7. The first-order chi connectivity index (χ1) is 7.73. The van der Waals surface area contributed by atoms with Crippen LogP contribution in [0.2, 0.25) is 0 Å². The molecule has 1 aromatic rings. The fraction of sp³-hybridized carbons (Fsp3) is 0.500. The van der Waals surface area contributed by atoms with Gasteiger partial charge < -0.3 is 20.3 Å². The lowest BCUT2D eigenvalue weighted by molar-refractivity contribution is 0.299. The van der Waals surface area contributed by atoms with E-state index in [0.717, 1.165) is 12.1 Å². The second kappa shape index (κ2) is 9.00. The number of ether oxygens (including phenoxy) is 2. The maximum Gasteiger partial charge on any atom is 0.160 e. The van der Waals surface area contributed by atoms with Crippen LogP contribution in [0.15, 0.2) is 18.2 Å². The molecule has 16 heavy (non-hydrogen) atoms. The molecule has 1 rings (SSSR count). The lowest BCUT2D eigenvalue weighted by Gasteiger charge is -2.08.